The summed E-state index contributed by atoms with van der Waals surface area (Å²) in [6, 6.07) is 0. The maximum Gasteiger partial charge on any atom is 0.0676 e. The lowest BCUT2D eigenvalue weighted by molar-refractivity contribution is 0.665. The highest BCUT2D eigenvalue weighted by Crippen LogP contribution is 2.17. The lowest BCUT2D eigenvalue weighted by Gasteiger charge is -1.94. The Kier molecular flexibility index (Phi) is 1.95. The minimum atomic E-state index is 0.803. The van der Waals surface area contributed by atoms with E-state index >= 15 is 0 Å². The fourth-order valence-electron chi connectivity index (χ4n) is 0.833. The molecule has 1 nitrogen and oxygen atoms in total. The van der Waals surface area contributed by atoms with Gasteiger partial charge in [0.25, 0.3) is 0 Å². The van der Waals surface area contributed by atoms with Crippen molar-refractivity contribution in [2.45, 2.75) is 13.3 Å². The van der Waals surface area contributed by atoms with Crippen LogP contribution >= 0.6 is 11.8 Å². The minimum absolute atomic E-state index is 0.803. The van der Waals surface area contributed by atoms with E-state index in [1.165, 1.54) is 11.5 Å². The van der Waals surface area contributed by atoms with Crippen LogP contribution in [0.2, 0.25) is 0 Å². The summed E-state index contributed by atoms with van der Waals surface area (Å²) in [6.45, 7) is 3.29. The maximum atomic E-state index is 4.31. The molecule has 0 radical (unpaired) electrons. The summed E-state index contributed by atoms with van der Waals surface area (Å²) in [7, 11) is 0. The molecule has 0 amide bonds. The molecule has 1 aliphatic rings. The van der Waals surface area contributed by atoms with Gasteiger partial charge in [-0.15, -0.1) is 11.8 Å². The fraction of sp³-hybridized carbons (Fsp3) is 0.833. The van der Waals surface area contributed by atoms with E-state index in [0.29, 0.717) is 0 Å². The van der Waals surface area contributed by atoms with Crippen LogP contribution in [0.5, 0.6) is 0 Å². The summed E-state index contributed by atoms with van der Waals surface area (Å²) in [5.74, 6) is 0.803. The Hall–Kier alpha value is 0.0200. The first-order valence-corrected chi connectivity index (χ1v) is 4.12. The molecule has 0 spiro atoms. The first kappa shape index (κ1) is 6.14. The van der Waals surface area contributed by atoms with E-state index in [1.807, 2.05) is 0 Å². The molecule has 0 bridgehead atoms. The molecule has 1 heterocycles. The van der Waals surface area contributed by atoms with E-state index in [-0.39, 0.29) is 0 Å². The molecule has 0 aliphatic carbocycles. The van der Waals surface area contributed by atoms with Crippen molar-refractivity contribution in [1.29, 1.82) is 0 Å². The second kappa shape index (κ2) is 2.53. The van der Waals surface area contributed by atoms with E-state index < -0.39 is 0 Å². The van der Waals surface area contributed by atoms with Crippen molar-refractivity contribution < 1.29 is 0 Å². The second-order valence-electron chi connectivity index (χ2n) is 2.25. The van der Waals surface area contributed by atoms with E-state index in [0.717, 1.165) is 12.5 Å². The van der Waals surface area contributed by atoms with Crippen LogP contribution in [-0.4, -0.2) is 17.8 Å². The van der Waals surface area contributed by atoms with Gasteiger partial charge in [0, 0.05) is 6.54 Å². The van der Waals surface area contributed by atoms with Gasteiger partial charge in [0.2, 0.25) is 0 Å². The molecular weight excluding hydrogens is 118 g/mol. The molecular formula is C6H11NS. The zero-order chi connectivity index (χ0) is 5.98. The zero-order valence-corrected chi connectivity index (χ0v) is 6.16. The predicted molar refractivity (Wildman–Crippen MR) is 39.6 cm³/mol. The molecule has 1 rings (SSSR count). The Morgan fingerprint density at radius 3 is 2.75 bits per heavy atom. The van der Waals surface area contributed by atoms with Crippen LogP contribution in [-0.2, 0) is 0 Å². The molecule has 0 aromatic carbocycles. The summed E-state index contributed by atoms with van der Waals surface area (Å²) < 4.78 is 0. The van der Waals surface area contributed by atoms with Crippen molar-refractivity contribution in [2.24, 2.45) is 10.9 Å². The van der Waals surface area contributed by atoms with Crippen LogP contribution in [0.25, 0.3) is 0 Å². The van der Waals surface area contributed by atoms with Gasteiger partial charge >= 0.3 is 0 Å². The van der Waals surface area contributed by atoms with Crippen molar-refractivity contribution in [3.8, 4) is 0 Å². The van der Waals surface area contributed by atoms with Crippen molar-refractivity contribution in [2.75, 3.05) is 12.8 Å². The number of aliphatic imine (C=N–C) groups is 1. The lowest BCUT2D eigenvalue weighted by Crippen LogP contribution is -1.92. The van der Waals surface area contributed by atoms with Crippen molar-refractivity contribution in [3.63, 3.8) is 0 Å². The smallest absolute Gasteiger partial charge is 0.0676 e. The number of rotatable bonds is 0. The average molecular weight is 129 g/mol. The van der Waals surface area contributed by atoms with Gasteiger partial charge in [0.1, 0.15) is 0 Å². The number of thioether (sulfide) groups is 1. The first-order valence-electron chi connectivity index (χ1n) is 2.90. The summed E-state index contributed by atoms with van der Waals surface area (Å²) >= 11 is 1.79. The van der Waals surface area contributed by atoms with Crippen LogP contribution in [0.4, 0.5) is 0 Å². The van der Waals surface area contributed by atoms with Crippen LogP contribution in [0.3, 0.4) is 0 Å². The third kappa shape index (κ3) is 1.25. The molecule has 1 atom stereocenters. The van der Waals surface area contributed by atoms with Crippen molar-refractivity contribution in [3.05, 3.63) is 0 Å². The molecule has 1 unspecified atom stereocenters. The van der Waals surface area contributed by atoms with Crippen LogP contribution in [0.15, 0.2) is 4.99 Å². The van der Waals surface area contributed by atoms with Gasteiger partial charge in [-0.1, -0.05) is 6.92 Å². The van der Waals surface area contributed by atoms with E-state index in [2.05, 4.69) is 18.2 Å². The number of hydrogen-bond donors (Lipinski definition) is 0. The van der Waals surface area contributed by atoms with Gasteiger partial charge < -0.3 is 0 Å². The molecule has 0 fully saturated rings. The van der Waals surface area contributed by atoms with Gasteiger partial charge in [-0.25, -0.2) is 0 Å². The number of nitrogens with zero attached hydrogens (tertiary/aromatic N) is 1. The van der Waals surface area contributed by atoms with Crippen molar-refractivity contribution >= 4 is 16.8 Å². The molecule has 0 aromatic heterocycles. The van der Waals surface area contributed by atoms with Gasteiger partial charge in [-0.05, 0) is 18.6 Å². The Morgan fingerprint density at radius 1 is 1.75 bits per heavy atom. The molecule has 0 aromatic rings. The highest BCUT2D eigenvalue weighted by molar-refractivity contribution is 8.13. The Balaban J connectivity index is 2.37. The molecule has 46 valence electrons. The zero-order valence-electron chi connectivity index (χ0n) is 5.35. The molecule has 0 N–H and O–H groups in total. The SMILES string of the molecule is CSC1=NCC(C)C1. The Bertz CT molecular complexity index is 109. The normalized spacial score (nSPS) is 28.2. The average Bonchev–Trinajstić information content (AvgIpc) is 2.14. The van der Waals surface area contributed by atoms with E-state index in [4.69, 9.17) is 0 Å². The summed E-state index contributed by atoms with van der Waals surface area (Å²) in [4.78, 5) is 4.31. The third-order valence-corrected chi connectivity index (χ3v) is 2.11. The quantitative estimate of drug-likeness (QED) is 0.485. The van der Waals surface area contributed by atoms with Gasteiger partial charge in [-0.3, -0.25) is 4.99 Å². The molecule has 0 saturated carbocycles. The third-order valence-electron chi connectivity index (χ3n) is 1.34. The molecule has 8 heavy (non-hydrogen) atoms. The maximum absolute atomic E-state index is 4.31. The monoisotopic (exact) mass is 129 g/mol. The fourth-order valence-corrected chi connectivity index (χ4v) is 1.49. The molecule has 2 heteroatoms. The topological polar surface area (TPSA) is 12.4 Å². The molecule has 0 saturated heterocycles. The van der Waals surface area contributed by atoms with E-state index in [9.17, 15) is 0 Å². The van der Waals surface area contributed by atoms with Crippen LogP contribution in [0, 0.1) is 5.92 Å². The Morgan fingerprint density at radius 2 is 2.50 bits per heavy atom. The largest absolute Gasteiger partial charge is 0.283 e. The van der Waals surface area contributed by atoms with Crippen LogP contribution in [0.1, 0.15) is 13.3 Å². The van der Waals surface area contributed by atoms with Gasteiger partial charge in [-0.2, -0.15) is 0 Å². The predicted octanol–water partition coefficient (Wildman–Crippen LogP) is 1.79. The molecule has 1 aliphatic heterocycles. The summed E-state index contributed by atoms with van der Waals surface area (Å²) in [5.41, 5.74) is 0. The summed E-state index contributed by atoms with van der Waals surface area (Å²) in [6.07, 6.45) is 3.30. The minimum Gasteiger partial charge on any atom is -0.283 e. The van der Waals surface area contributed by atoms with Gasteiger partial charge in [0.15, 0.2) is 0 Å². The number of hydrogen-bond acceptors (Lipinski definition) is 2. The summed E-state index contributed by atoms with van der Waals surface area (Å²) in [5, 5.41) is 1.33. The highest BCUT2D eigenvalue weighted by Gasteiger charge is 2.11. The van der Waals surface area contributed by atoms with E-state index in [1.54, 1.807) is 11.8 Å². The van der Waals surface area contributed by atoms with Crippen LogP contribution < -0.4 is 0 Å². The lowest BCUT2D eigenvalue weighted by atomic mass is 10.2. The first-order chi connectivity index (χ1) is 3.83. The Labute approximate surface area is 54.6 Å². The van der Waals surface area contributed by atoms with Gasteiger partial charge in [0.05, 0.1) is 5.04 Å². The standard InChI is InChI=1S/C6H11NS/c1-5-3-6(8-2)7-4-5/h5H,3-4H2,1-2H3. The highest BCUT2D eigenvalue weighted by atomic mass is 32.2. The second-order valence-corrected chi connectivity index (χ2v) is 3.13. The van der Waals surface area contributed by atoms with Crippen molar-refractivity contribution in [1.82, 2.24) is 0 Å².